The standard InChI is InChI=1S/C20H27ClN6S/c1-3-15(4-2)28-20-24-17-9-16(21)19(10-18(17)25-20)27-7-5-26(6-8-27)12-14-11-22-13-23-14/h9-11,13,15H,3-8,12H2,1-2H3,(H,22,23)(H,24,25). The molecule has 0 spiro atoms. The van der Waals surface area contributed by atoms with Crippen molar-refractivity contribution in [3.8, 4) is 0 Å². The number of halogens is 1. The van der Waals surface area contributed by atoms with Crippen molar-refractivity contribution in [3.05, 3.63) is 35.4 Å². The quantitative estimate of drug-likeness (QED) is 0.551. The van der Waals surface area contributed by atoms with Crippen LogP contribution < -0.4 is 4.90 Å². The Morgan fingerprint density at radius 1 is 1.18 bits per heavy atom. The van der Waals surface area contributed by atoms with Crippen LogP contribution in [0.15, 0.2) is 29.8 Å². The topological polar surface area (TPSA) is 63.8 Å². The third-order valence-corrected chi connectivity index (χ3v) is 7.10. The minimum absolute atomic E-state index is 0.596. The van der Waals surface area contributed by atoms with Crippen molar-refractivity contribution in [2.45, 2.75) is 43.6 Å². The summed E-state index contributed by atoms with van der Waals surface area (Å²) < 4.78 is 0. The maximum Gasteiger partial charge on any atom is 0.166 e. The van der Waals surface area contributed by atoms with Crippen molar-refractivity contribution >= 4 is 40.1 Å². The summed E-state index contributed by atoms with van der Waals surface area (Å²) in [6.07, 6.45) is 5.92. The summed E-state index contributed by atoms with van der Waals surface area (Å²) >= 11 is 8.46. The first-order chi connectivity index (χ1) is 13.7. The lowest BCUT2D eigenvalue weighted by molar-refractivity contribution is 0.247. The van der Waals surface area contributed by atoms with Crippen molar-refractivity contribution in [1.29, 1.82) is 0 Å². The van der Waals surface area contributed by atoms with Gasteiger partial charge in [0.05, 0.1) is 28.1 Å². The number of hydrogen-bond acceptors (Lipinski definition) is 5. The maximum atomic E-state index is 6.63. The molecule has 1 aliphatic heterocycles. The molecular formula is C20H27ClN6S. The Morgan fingerprint density at radius 3 is 2.64 bits per heavy atom. The molecule has 0 saturated carbocycles. The van der Waals surface area contributed by atoms with Gasteiger partial charge in [0.25, 0.3) is 0 Å². The highest BCUT2D eigenvalue weighted by Crippen LogP contribution is 2.33. The van der Waals surface area contributed by atoms with Crippen molar-refractivity contribution in [2.24, 2.45) is 0 Å². The van der Waals surface area contributed by atoms with Gasteiger partial charge in [-0.05, 0) is 25.0 Å². The van der Waals surface area contributed by atoms with Gasteiger partial charge >= 0.3 is 0 Å². The Morgan fingerprint density at radius 2 is 1.96 bits per heavy atom. The minimum Gasteiger partial charge on any atom is -0.368 e. The number of hydrogen-bond donors (Lipinski definition) is 2. The van der Waals surface area contributed by atoms with Gasteiger partial charge in [-0.3, -0.25) is 4.90 Å². The molecule has 1 aromatic carbocycles. The number of piperazine rings is 1. The summed E-state index contributed by atoms with van der Waals surface area (Å²) in [5, 5.41) is 2.37. The molecule has 4 rings (SSSR count). The second-order valence-electron chi connectivity index (χ2n) is 7.26. The molecule has 2 aromatic heterocycles. The lowest BCUT2D eigenvalue weighted by Crippen LogP contribution is -2.46. The molecule has 150 valence electrons. The minimum atomic E-state index is 0.596. The molecule has 8 heteroatoms. The largest absolute Gasteiger partial charge is 0.368 e. The SMILES string of the molecule is CCC(CC)Sc1nc2cc(N3CCN(Cc4cnc[nH]4)CC3)c(Cl)cc2[nH]1. The predicted octanol–water partition coefficient (Wildman–Crippen LogP) is 4.54. The number of rotatable bonds is 7. The number of fused-ring (bicyclic) bond motifs is 1. The van der Waals surface area contributed by atoms with Crippen LogP contribution in [0.5, 0.6) is 0 Å². The number of benzene rings is 1. The Labute approximate surface area is 175 Å². The molecule has 0 radical (unpaired) electrons. The fourth-order valence-electron chi connectivity index (χ4n) is 3.67. The molecule has 0 atom stereocenters. The van der Waals surface area contributed by atoms with Crippen LogP contribution in [0.25, 0.3) is 11.0 Å². The third kappa shape index (κ3) is 4.31. The highest BCUT2D eigenvalue weighted by atomic mass is 35.5. The molecule has 0 aliphatic carbocycles. The van der Waals surface area contributed by atoms with Crippen LogP contribution in [0.1, 0.15) is 32.4 Å². The fraction of sp³-hybridized carbons (Fsp3) is 0.500. The molecule has 0 amide bonds. The first-order valence-corrected chi connectivity index (χ1v) is 11.2. The molecule has 1 fully saturated rings. The highest BCUT2D eigenvalue weighted by molar-refractivity contribution is 7.99. The average Bonchev–Trinajstić information content (AvgIpc) is 3.35. The number of thioether (sulfide) groups is 1. The van der Waals surface area contributed by atoms with Crippen LogP contribution in [-0.2, 0) is 6.54 Å². The maximum absolute atomic E-state index is 6.63. The smallest absolute Gasteiger partial charge is 0.166 e. The van der Waals surface area contributed by atoms with E-state index in [0.717, 1.165) is 78.2 Å². The van der Waals surface area contributed by atoms with E-state index in [1.54, 1.807) is 6.33 Å². The van der Waals surface area contributed by atoms with E-state index in [1.807, 2.05) is 24.0 Å². The zero-order valence-corrected chi connectivity index (χ0v) is 18.0. The van der Waals surface area contributed by atoms with Gasteiger partial charge in [-0.2, -0.15) is 0 Å². The Kier molecular flexibility index (Phi) is 6.13. The first-order valence-electron chi connectivity index (χ1n) is 9.96. The van der Waals surface area contributed by atoms with Crippen LogP contribution in [0.3, 0.4) is 0 Å². The second kappa shape index (κ2) is 8.76. The lowest BCUT2D eigenvalue weighted by Gasteiger charge is -2.36. The van der Waals surface area contributed by atoms with Crippen LogP contribution >= 0.6 is 23.4 Å². The Hall–Kier alpha value is -1.70. The van der Waals surface area contributed by atoms with Gasteiger partial charge in [-0.25, -0.2) is 9.97 Å². The van der Waals surface area contributed by atoms with Gasteiger partial charge < -0.3 is 14.9 Å². The van der Waals surface area contributed by atoms with Gasteiger partial charge in [-0.1, -0.05) is 37.2 Å². The summed E-state index contributed by atoms with van der Waals surface area (Å²) in [6, 6.07) is 4.16. The third-order valence-electron chi connectivity index (χ3n) is 5.38. The summed E-state index contributed by atoms with van der Waals surface area (Å²) in [5.41, 5.74) is 4.25. The fourth-order valence-corrected chi connectivity index (χ4v) is 4.92. The average molecular weight is 419 g/mol. The van der Waals surface area contributed by atoms with E-state index >= 15 is 0 Å². The van der Waals surface area contributed by atoms with Gasteiger partial charge in [0.1, 0.15) is 0 Å². The highest BCUT2D eigenvalue weighted by Gasteiger charge is 2.21. The van der Waals surface area contributed by atoms with Gasteiger partial charge in [0.2, 0.25) is 0 Å². The summed E-state index contributed by atoms with van der Waals surface area (Å²) in [6.45, 7) is 9.29. The molecule has 0 unspecified atom stereocenters. The van der Waals surface area contributed by atoms with E-state index < -0.39 is 0 Å². The van der Waals surface area contributed by atoms with Crippen molar-refractivity contribution < 1.29 is 0 Å². The second-order valence-corrected chi connectivity index (χ2v) is 8.96. The monoisotopic (exact) mass is 418 g/mol. The van der Waals surface area contributed by atoms with Gasteiger partial charge in [-0.15, -0.1) is 0 Å². The molecular weight excluding hydrogens is 392 g/mol. The van der Waals surface area contributed by atoms with Crippen molar-refractivity contribution in [1.82, 2.24) is 24.8 Å². The van der Waals surface area contributed by atoms with Gasteiger partial charge in [0, 0.05) is 49.9 Å². The summed E-state index contributed by atoms with van der Waals surface area (Å²) in [5.74, 6) is 0. The summed E-state index contributed by atoms with van der Waals surface area (Å²) in [4.78, 5) is 20.3. The van der Waals surface area contributed by atoms with Gasteiger partial charge in [0.15, 0.2) is 5.16 Å². The van der Waals surface area contributed by atoms with Crippen LogP contribution in [-0.4, -0.2) is 56.3 Å². The number of aromatic amines is 2. The van der Waals surface area contributed by atoms with E-state index in [2.05, 4.69) is 44.7 Å². The molecule has 3 aromatic rings. The number of aromatic nitrogens is 4. The number of nitrogens with zero attached hydrogens (tertiary/aromatic N) is 4. The molecule has 28 heavy (non-hydrogen) atoms. The van der Waals surface area contributed by atoms with E-state index in [0.29, 0.717) is 5.25 Å². The van der Waals surface area contributed by atoms with Crippen molar-refractivity contribution in [2.75, 3.05) is 31.1 Å². The van der Waals surface area contributed by atoms with E-state index in [-0.39, 0.29) is 0 Å². The summed E-state index contributed by atoms with van der Waals surface area (Å²) in [7, 11) is 0. The van der Waals surface area contributed by atoms with Crippen LogP contribution in [0.4, 0.5) is 5.69 Å². The number of nitrogens with one attached hydrogen (secondary N) is 2. The Bertz CT molecular complexity index is 897. The normalized spacial score (nSPS) is 15.8. The molecule has 1 saturated heterocycles. The van der Waals surface area contributed by atoms with E-state index in [4.69, 9.17) is 16.6 Å². The zero-order valence-electron chi connectivity index (χ0n) is 16.4. The zero-order chi connectivity index (χ0) is 19.5. The van der Waals surface area contributed by atoms with Crippen LogP contribution in [0.2, 0.25) is 5.02 Å². The first kappa shape index (κ1) is 19.6. The van der Waals surface area contributed by atoms with E-state index in [9.17, 15) is 0 Å². The van der Waals surface area contributed by atoms with Crippen molar-refractivity contribution in [3.63, 3.8) is 0 Å². The number of anilines is 1. The van der Waals surface area contributed by atoms with E-state index in [1.165, 1.54) is 0 Å². The number of H-pyrrole nitrogens is 2. The predicted molar refractivity (Wildman–Crippen MR) is 117 cm³/mol. The molecule has 1 aliphatic rings. The van der Waals surface area contributed by atoms with Crippen LogP contribution in [0, 0.1) is 0 Å². The Balaban J connectivity index is 1.45. The molecule has 2 N–H and O–H groups in total. The molecule has 6 nitrogen and oxygen atoms in total. The lowest BCUT2D eigenvalue weighted by atomic mass is 10.2. The molecule has 0 bridgehead atoms. The number of imidazole rings is 2. The molecule has 3 heterocycles.